The summed E-state index contributed by atoms with van der Waals surface area (Å²) in [4.78, 5) is 94.1. The second kappa shape index (κ2) is 36.3. The summed E-state index contributed by atoms with van der Waals surface area (Å²) in [6.45, 7) is 0.358. The Morgan fingerprint density at radius 2 is 0.859 bits per heavy atom. The molecule has 10 rings (SSSR count). The topological polar surface area (TPSA) is 279 Å². The normalized spacial score (nSPS) is 10.4. The lowest BCUT2D eigenvalue weighted by Gasteiger charge is -2.19. The van der Waals surface area contributed by atoms with E-state index in [0.29, 0.717) is 72.4 Å². The number of nitrogens with zero attached hydrogens (tertiary/aromatic N) is 14. The largest absolute Gasteiger partial charge is 0.478 e. The maximum absolute atomic E-state index is 14.2. The van der Waals surface area contributed by atoms with Crippen LogP contribution < -0.4 is 35.8 Å². The summed E-state index contributed by atoms with van der Waals surface area (Å²) in [5, 5.41) is 17.2. The van der Waals surface area contributed by atoms with Crippen molar-refractivity contribution in [3.05, 3.63) is 204 Å². The molecule has 0 fully saturated rings. The average Bonchev–Trinajstić information content (AvgIpc) is 0.820. The van der Waals surface area contributed by atoms with E-state index in [1.807, 2.05) is 42.3 Å². The number of carboxylic acids is 1. The van der Waals surface area contributed by atoms with Crippen molar-refractivity contribution in [3.63, 3.8) is 0 Å². The number of carboxylic acid groups (broad SMARTS) is 1. The van der Waals surface area contributed by atoms with E-state index in [1.165, 1.54) is 130 Å². The Balaban J connectivity index is 0.000000204. The maximum atomic E-state index is 14.2. The van der Waals surface area contributed by atoms with E-state index in [9.17, 15) is 41.8 Å². The number of aromatic amines is 1. The number of aromatic nitrogens is 10. The summed E-state index contributed by atoms with van der Waals surface area (Å²) < 4.78 is 64.9. The molecule has 4 aromatic carbocycles. The third kappa shape index (κ3) is 21.8. The van der Waals surface area contributed by atoms with Gasteiger partial charge >= 0.3 is 17.9 Å². The second-order valence-corrected chi connectivity index (χ2v) is 23.6. The molecule has 0 amide bonds. The number of aromatic carboxylic acids is 1. The van der Waals surface area contributed by atoms with Gasteiger partial charge in [0.2, 0.25) is 0 Å². The van der Waals surface area contributed by atoms with Crippen molar-refractivity contribution in [3.8, 4) is 45.6 Å². The molecule has 0 saturated heterocycles. The van der Waals surface area contributed by atoms with Crippen molar-refractivity contribution in [2.45, 2.75) is 0 Å². The maximum Gasteiger partial charge on any atom is 0.341 e. The fourth-order valence-electron chi connectivity index (χ4n) is 8.19. The number of hydrogen-bond acceptors (Lipinski definition) is 22. The average molecular weight is 1460 g/mol. The van der Waals surface area contributed by atoms with Crippen LogP contribution in [0.4, 0.5) is 63.3 Å². The zero-order valence-electron chi connectivity index (χ0n) is 55.0. The lowest BCUT2D eigenvalue weighted by molar-refractivity contribution is -0.141. The van der Waals surface area contributed by atoms with E-state index in [4.69, 9.17) is 62.7 Å². The molecule has 0 bridgehead atoms. The van der Waals surface area contributed by atoms with Crippen LogP contribution >= 0.6 is 58.0 Å². The first-order valence-electron chi connectivity index (χ1n) is 28.7. The molecule has 6 heterocycles. The number of pyridine rings is 2. The van der Waals surface area contributed by atoms with Gasteiger partial charge in [0.05, 0.1) is 96.2 Å². The first-order chi connectivity index (χ1) is 46.9. The quantitative estimate of drug-likeness (QED) is 0.0397. The van der Waals surface area contributed by atoms with E-state index in [-0.39, 0.29) is 73.4 Å². The van der Waals surface area contributed by atoms with Crippen LogP contribution in [0.2, 0.25) is 25.2 Å². The molecular weight excluding hydrogens is 1400 g/mol. The van der Waals surface area contributed by atoms with E-state index in [0.717, 1.165) is 0 Å². The number of carbonyl (C=O) groups is 3. The number of esters is 2. The van der Waals surface area contributed by atoms with Crippen LogP contribution in [-0.2, 0) is 14.3 Å². The summed E-state index contributed by atoms with van der Waals surface area (Å²) in [6, 6.07) is 19.7. The van der Waals surface area contributed by atoms with Gasteiger partial charge in [0.15, 0.2) is 34.3 Å². The molecule has 0 aliphatic carbocycles. The van der Waals surface area contributed by atoms with Crippen molar-refractivity contribution in [2.24, 2.45) is 0 Å². The Labute approximate surface area is 591 Å². The van der Waals surface area contributed by atoms with Gasteiger partial charge in [-0.25, -0.2) is 62.0 Å². The number of benzene rings is 4. The smallest absolute Gasteiger partial charge is 0.341 e. The van der Waals surface area contributed by atoms with E-state index in [1.54, 1.807) is 71.2 Å². The highest BCUT2D eigenvalue weighted by atomic mass is 35.5. The van der Waals surface area contributed by atoms with Crippen LogP contribution in [-0.4, -0.2) is 169 Å². The van der Waals surface area contributed by atoms with Gasteiger partial charge < -0.3 is 49.8 Å². The van der Waals surface area contributed by atoms with Gasteiger partial charge in [0.1, 0.15) is 45.9 Å². The summed E-state index contributed by atoms with van der Waals surface area (Å²) >= 11 is 29.6. The molecule has 0 spiro atoms. The predicted octanol–water partition coefficient (Wildman–Crippen LogP) is 13.4. The molecule has 0 aliphatic rings. The highest BCUT2D eigenvalue weighted by Crippen LogP contribution is 2.34. The minimum absolute atomic E-state index is 0.0173. The summed E-state index contributed by atoms with van der Waals surface area (Å²) in [6.07, 6.45) is 11.6. The van der Waals surface area contributed by atoms with Gasteiger partial charge in [-0.3, -0.25) is 24.5 Å². The Kier molecular flexibility index (Phi) is 28.5. The highest BCUT2D eigenvalue weighted by Gasteiger charge is 2.21. The van der Waals surface area contributed by atoms with Gasteiger partial charge in [0.25, 0.3) is 5.56 Å². The molecule has 0 atom stereocenters. The van der Waals surface area contributed by atoms with Crippen LogP contribution in [0.5, 0.6) is 0 Å². The minimum Gasteiger partial charge on any atom is -0.478 e. The first kappa shape index (κ1) is 77.6. The number of likely N-dealkylation sites (N-methyl/N-ethyl adjacent to an activating group) is 1. The second-order valence-electron chi connectivity index (χ2n) is 21.4. The van der Waals surface area contributed by atoms with Gasteiger partial charge in [-0.1, -0.05) is 58.0 Å². The molecule has 0 aliphatic heterocycles. The number of H-pyrrole nitrogens is 1. The fourth-order valence-corrected chi connectivity index (χ4v) is 9.18. The highest BCUT2D eigenvalue weighted by molar-refractivity contribution is 6.32. The van der Waals surface area contributed by atoms with Crippen molar-refractivity contribution >= 4 is 122 Å². The van der Waals surface area contributed by atoms with Crippen molar-refractivity contribution in [1.82, 2.24) is 54.7 Å². The summed E-state index contributed by atoms with van der Waals surface area (Å²) in [5.74, 6) is -2.46. The van der Waals surface area contributed by atoms with Gasteiger partial charge in [0, 0.05) is 101 Å². The monoisotopic (exact) mass is 1460 g/mol. The molecular formula is C66H64Cl5F4N17O7. The number of anilines is 8. The van der Waals surface area contributed by atoms with Gasteiger partial charge in [-0.05, 0) is 99.0 Å². The molecule has 99 heavy (non-hydrogen) atoms. The molecule has 4 N–H and O–H groups in total. The van der Waals surface area contributed by atoms with Crippen molar-refractivity contribution < 1.29 is 46.5 Å². The van der Waals surface area contributed by atoms with E-state index in [2.05, 4.69) is 65.2 Å². The van der Waals surface area contributed by atoms with E-state index >= 15 is 0 Å². The van der Waals surface area contributed by atoms with Crippen LogP contribution in [0.25, 0.3) is 45.6 Å². The molecule has 33 heteroatoms. The zero-order valence-corrected chi connectivity index (χ0v) is 58.7. The number of hydrogen-bond donors (Lipinski definition) is 4. The Bertz CT molecular complexity index is 4560. The third-order valence-electron chi connectivity index (χ3n) is 13.1. The Morgan fingerprint density at radius 3 is 1.22 bits per heavy atom. The molecule has 518 valence electrons. The number of halogens is 9. The number of rotatable bonds is 16. The molecule has 0 unspecified atom stereocenters. The predicted molar refractivity (Wildman–Crippen MR) is 379 cm³/mol. The first-order valence-corrected chi connectivity index (χ1v) is 30.6. The zero-order chi connectivity index (χ0) is 72.9. The van der Waals surface area contributed by atoms with Crippen molar-refractivity contribution in [2.75, 3.05) is 121 Å². The standard InChI is InChI=1S/C19H17ClFN5O2.C18H15ClFN5O2.C12H10Cl2FN3.C12H11ClFN3O.C5H11NO2/c1-26(2)16-10-23-17(12-8-11(20)4-5-14(12)21)25-18(16)24-15-6-7-22-9-13(15)19(27)28-3;1-25(2)15-9-22-16(11-7-10(19)3-4-13(11)20)24-17(15)23-14-5-6-21-8-12(14)18(26)27;1-18(2)10-6-16-12(17-11(10)14)8-5-7(13)3-4-9(8)15;1-17(2)10-6-15-11(16-12(10)18)8-5-7(13)3-4-9(8)14;1-6(2)4-5(7)8-3/h4-10H,1-3H3,(H,22,23,24,25);3-9H,1-2H3,(H,26,27)(H,21,22,23,24);3-6H,1-2H3;3-6H,1-2H3,(H,15,16,18);4H2,1-3H3. The Hall–Kier alpha value is -10.4. The van der Waals surface area contributed by atoms with Crippen LogP contribution in [0.1, 0.15) is 20.7 Å². The van der Waals surface area contributed by atoms with Crippen molar-refractivity contribution in [1.29, 1.82) is 0 Å². The molecule has 0 radical (unpaired) electrons. The lowest BCUT2D eigenvalue weighted by atomic mass is 10.2. The van der Waals surface area contributed by atoms with Crippen LogP contribution in [0.15, 0.2) is 139 Å². The number of carbonyl (C=O) groups excluding carboxylic acids is 2. The third-order valence-corrected chi connectivity index (χ3v) is 14.3. The van der Waals surface area contributed by atoms with Gasteiger partial charge in [-0.2, -0.15) is 0 Å². The van der Waals surface area contributed by atoms with E-state index < -0.39 is 35.2 Å². The SMILES string of the molecule is CN(C)c1cnc(-c2cc(Cl)ccc2F)[nH]c1=O.CN(C)c1cnc(-c2cc(Cl)ccc2F)nc1Cl.CN(C)c1cnc(-c2cc(Cl)ccc2F)nc1Nc1ccncc1C(=O)O.COC(=O)CN(C)C.COC(=O)c1cnccc1Nc1nc(-c2cc(Cl)ccc2F)ncc1N(C)C. The number of methoxy groups -OCH3 is 2. The Morgan fingerprint density at radius 1 is 0.485 bits per heavy atom. The van der Waals surface area contributed by atoms with Crippen LogP contribution in [0.3, 0.4) is 0 Å². The fraction of sp³-hybridized carbons (Fsp3) is 0.197. The summed E-state index contributed by atoms with van der Waals surface area (Å²) in [5.41, 5.74) is 3.66. The number of nitrogens with one attached hydrogen (secondary N) is 3. The van der Waals surface area contributed by atoms with Gasteiger partial charge in [-0.15, -0.1) is 0 Å². The molecule has 10 aromatic rings. The molecule has 0 saturated carbocycles. The van der Waals surface area contributed by atoms with Crippen LogP contribution in [0, 0.1) is 23.3 Å². The number of ether oxygens (including phenoxy) is 2. The minimum atomic E-state index is -1.13. The lowest BCUT2D eigenvalue weighted by Crippen LogP contribution is -2.22. The molecule has 24 nitrogen and oxygen atoms in total. The summed E-state index contributed by atoms with van der Waals surface area (Å²) in [7, 11) is 20.6. The molecule has 6 aromatic heterocycles.